The first-order valence-corrected chi connectivity index (χ1v) is 8.32. The Morgan fingerprint density at radius 3 is 2.50 bits per heavy atom. The number of benzene rings is 1. The van der Waals surface area contributed by atoms with Crippen molar-refractivity contribution in [2.24, 2.45) is 0 Å². The molecule has 0 amide bonds. The molecule has 0 aliphatic heterocycles. The molecule has 0 saturated heterocycles. The van der Waals surface area contributed by atoms with Crippen LogP contribution in [-0.4, -0.2) is 23.0 Å². The van der Waals surface area contributed by atoms with Gasteiger partial charge in [0, 0.05) is 11.4 Å². The zero-order valence-electron chi connectivity index (χ0n) is 12.1. The molecule has 1 N–H and O–H groups in total. The van der Waals surface area contributed by atoms with Crippen LogP contribution in [0.3, 0.4) is 0 Å². The summed E-state index contributed by atoms with van der Waals surface area (Å²) >= 11 is 1.91. The van der Waals surface area contributed by atoms with Crippen molar-refractivity contribution in [2.45, 2.75) is 24.6 Å². The van der Waals surface area contributed by atoms with Crippen molar-refractivity contribution in [2.75, 3.05) is 12.8 Å². The van der Waals surface area contributed by atoms with Gasteiger partial charge in [-0.3, -0.25) is 4.98 Å². The molecule has 2 atom stereocenters. The maximum absolute atomic E-state index is 4.51. The molecule has 1 heterocycles. The first-order chi connectivity index (χ1) is 9.81. The van der Waals surface area contributed by atoms with Gasteiger partial charge in [0.2, 0.25) is 0 Å². The van der Waals surface area contributed by atoms with Gasteiger partial charge in [0.05, 0.1) is 11.7 Å². The highest BCUT2D eigenvalue weighted by molar-refractivity contribution is 7.99. The first kappa shape index (κ1) is 15.1. The van der Waals surface area contributed by atoms with Crippen LogP contribution in [0.4, 0.5) is 0 Å². The van der Waals surface area contributed by atoms with Crippen LogP contribution in [0.1, 0.15) is 30.6 Å². The van der Waals surface area contributed by atoms with Gasteiger partial charge in [0.1, 0.15) is 0 Å². The van der Waals surface area contributed by atoms with E-state index >= 15 is 0 Å². The molecule has 2 nitrogen and oxygen atoms in total. The number of aromatic nitrogens is 1. The third-order valence-corrected chi connectivity index (χ3v) is 4.46. The number of hydrogen-bond donors (Lipinski definition) is 1. The first-order valence-electron chi connectivity index (χ1n) is 7.03. The number of nitrogens with zero attached hydrogens (tertiary/aromatic N) is 1. The zero-order valence-corrected chi connectivity index (χ0v) is 12.9. The fourth-order valence-corrected chi connectivity index (χ4v) is 2.49. The second kappa shape index (κ2) is 8.08. The van der Waals surface area contributed by atoms with E-state index in [-0.39, 0.29) is 6.04 Å². The van der Waals surface area contributed by atoms with E-state index in [1.807, 2.05) is 30.1 Å². The summed E-state index contributed by atoms with van der Waals surface area (Å²) in [7, 11) is 0. The Balaban J connectivity index is 2.09. The van der Waals surface area contributed by atoms with Gasteiger partial charge < -0.3 is 5.32 Å². The molecule has 0 aliphatic carbocycles. The Labute approximate surface area is 126 Å². The maximum atomic E-state index is 4.51. The predicted octanol–water partition coefficient (Wildman–Crippen LogP) is 3.90. The minimum absolute atomic E-state index is 0.173. The van der Waals surface area contributed by atoms with E-state index in [4.69, 9.17) is 0 Å². The Hall–Kier alpha value is -1.32. The number of hydrogen-bond acceptors (Lipinski definition) is 3. The SMILES string of the molecule is CSC(C)CCNC(c1ccccc1)c1ccccn1. The lowest BCUT2D eigenvalue weighted by Gasteiger charge is -2.19. The molecule has 0 fully saturated rings. The van der Waals surface area contributed by atoms with Crippen molar-refractivity contribution >= 4 is 11.8 Å². The van der Waals surface area contributed by atoms with Gasteiger partial charge in [-0.2, -0.15) is 11.8 Å². The predicted molar refractivity (Wildman–Crippen MR) is 88.1 cm³/mol. The van der Waals surface area contributed by atoms with Crippen molar-refractivity contribution in [1.82, 2.24) is 10.3 Å². The summed E-state index contributed by atoms with van der Waals surface area (Å²) < 4.78 is 0. The average Bonchev–Trinajstić information content (AvgIpc) is 2.53. The van der Waals surface area contributed by atoms with E-state index in [9.17, 15) is 0 Å². The molecule has 2 unspecified atom stereocenters. The smallest absolute Gasteiger partial charge is 0.0751 e. The Bertz CT molecular complexity index is 447. The summed E-state index contributed by atoms with van der Waals surface area (Å²) in [5, 5.41) is 4.32. The van der Waals surface area contributed by atoms with Crippen molar-refractivity contribution in [3.8, 4) is 0 Å². The number of nitrogens with one attached hydrogen (secondary N) is 1. The maximum Gasteiger partial charge on any atom is 0.0751 e. The van der Waals surface area contributed by atoms with E-state index in [0.717, 1.165) is 18.7 Å². The summed E-state index contributed by atoms with van der Waals surface area (Å²) in [6.45, 7) is 3.27. The van der Waals surface area contributed by atoms with Crippen LogP contribution in [0.2, 0.25) is 0 Å². The van der Waals surface area contributed by atoms with E-state index in [1.54, 1.807) is 0 Å². The molecule has 0 spiro atoms. The summed E-state index contributed by atoms with van der Waals surface area (Å²) in [6, 6.07) is 16.8. The zero-order chi connectivity index (χ0) is 14.2. The number of thioether (sulfide) groups is 1. The van der Waals surface area contributed by atoms with Crippen molar-refractivity contribution in [1.29, 1.82) is 0 Å². The van der Waals surface area contributed by atoms with Crippen LogP contribution in [0, 0.1) is 0 Å². The lowest BCUT2D eigenvalue weighted by atomic mass is 10.0. The molecule has 2 aromatic rings. The number of pyridine rings is 1. The van der Waals surface area contributed by atoms with Crippen LogP contribution < -0.4 is 5.32 Å². The summed E-state index contributed by atoms with van der Waals surface area (Å²) in [4.78, 5) is 4.51. The summed E-state index contributed by atoms with van der Waals surface area (Å²) in [5.74, 6) is 0. The molecule has 1 aromatic carbocycles. The highest BCUT2D eigenvalue weighted by Gasteiger charge is 2.14. The molecular formula is C17H22N2S. The average molecular weight is 286 g/mol. The van der Waals surface area contributed by atoms with Gasteiger partial charge in [0.15, 0.2) is 0 Å². The third-order valence-electron chi connectivity index (χ3n) is 3.42. The van der Waals surface area contributed by atoms with Crippen LogP contribution >= 0.6 is 11.8 Å². The van der Waals surface area contributed by atoms with Crippen LogP contribution in [0.15, 0.2) is 54.7 Å². The van der Waals surface area contributed by atoms with Crippen molar-refractivity contribution in [3.63, 3.8) is 0 Å². The fraction of sp³-hybridized carbons (Fsp3) is 0.353. The topological polar surface area (TPSA) is 24.9 Å². The minimum atomic E-state index is 0.173. The molecule has 106 valence electrons. The summed E-state index contributed by atoms with van der Waals surface area (Å²) in [5.41, 5.74) is 2.35. The number of rotatable bonds is 7. The Morgan fingerprint density at radius 2 is 1.85 bits per heavy atom. The molecule has 0 radical (unpaired) electrons. The molecule has 1 aromatic heterocycles. The van der Waals surface area contributed by atoms with E-state index in [1.165, 1.54) is 5.56 Å². The monoisotopic (exact) mass is 286 g/mol. The van der Waals surface area contributed by atoms with Crippen LogP contribution in [0.25, 0.3) is 0 Å². The van der Waals surface area contributed by atoms with Gasteiger partial charge in [0.25, 0.3) is 0 Å². The molecule has 0 aliphatic rings. The molecule has 3 heteroatoms. The molecule has 0 saturated carbocycles. The van der Waals surface area contributed by atoms with Crippen LogP contribution in [0.5, 0.6) is 0 Å². The molecule has 2 rings (SSSR count). The van der Waals surface area contributed by atoms with Gasteiger partial charge in [-0.05, 0) is 36.9 Å². The van der Waals surface area contributed by atoms with E-state index in [0.29, 0.717) is 5.25 Å². The van der Waals surface area contributed by atoms with Crippen LogP contribution in [-0.2, 0) is 0 Å². The molecular weight excluding hydrogens is 264 g/mol. The lowest BCUT2D eigenvalue weighted by Crippen LogP contribution is -2.25. The van der Waals surface area contributed by atoms with E-state index in [2.05, 4.69) is 59.9 Å². The minimum Gasteiger partial charge on any atom is -0.305 e. The fourth-order valence-electron chi connectivity index (χ4n) is 2.13. The molecule has 20 heavy (non-hydrogen) atoms. The normalized spacial score (nSPS) is 13.9. The van der Waals surface area contributed by atoms with Gasteiger partial charge in [-0.1, -0.05) is 43.3 Å². The van der Waals surface area contributed by atoms with Crippen molar-refractivity contribution < 1.29 is 0 Å². The molecule has 0 bridgehead atoms. The lowest BCUT2D eigenvalue weighted by molar-refractivity contribution is 0.572. The standard InChI is InChI=1S/C17H22N2S/c1-14(20-2)11-13-19-17(15-8-4-3-5-9-15)16-10-6-7-12-18-16/h3-10,12,14,17,19H,11,13H2,1-2H3. The largest absolute Gasteiger partial charge is 0.305 e. The van der Waals surface area contributed by atoms with Gasteiger partial charge >= 0.3 is 0 Å². The second-order valence-electron chi connectivity index (χ2n) is 4.89. The van der Waals surface area contributed by atoms with Gasteiger partial charge in [-0.25, -0.2) is 0 Å². The van der Waals surface area contributed by atoms with E-state index < -0.39 is 0 Å². The highest BCUT2D eigenvalue weighted by Crippen LogP contribution is 2.20. The van der Waals surface area contributed by atoms with Crippen molar-refractivity contribution in [3.05, 3.63) is 66.0 Å². The van der Waals surface area contributed by atoms with Gasteiger partial charge in [-0.15, -0.1) is 0 Å². The summed E-state index contributed by atoms with van der Waals surface area (Å²) in [6.07, 6.45) is 5.19. The Morgan fingerprint density at radius 1 is 1.10 bits per heavy atom. The quantitative estimate of drug-likeness (QED) is 0.835. The third kappa shape index (κ3) is 4.36. The Kier molecular flexibility index (Phi) is 6.09. The highest BCUT2D eigenvalue weighted by atomic mass is 32.2. The second-order valence-corrected chi connectivity index (χ2v) is 6.16.